The van der Waals surface area contributed by atoms with Crippen molar-refractivity contribution in [3.05, 3.63) is 59.0 Å². The van der Waals surface area contributed by atoms with Crippen LogP contribution in [0, 0.1) is 0 Å². The number of benzene rings is 1. The summed E-state index contributed by atoms with van der Waals surface area (Å²) in [5, 5.41) is 4.88. The maximum Gasteiger partial charge on any atom is 0.247 e. The van der Waals surface area contributed by atoms with Gasteiger partial charge in [-0.2, -0.15) is 9.52 Å². The molecule has 5 nitrogen and oxygen atoms in total. The van der Waals surface area contributed by atoms with Crippen molar-refractivity contribution in [2.45, 2.75) is 12.5 Å². The van der Waals surface area contributed by atoms with E-state index >= 15 is 0 Å². The van der Waals surface area contributed by atoms with Crippen LogP contribution in [0.2, 0.25) is 5.02 Å². The summed E-state index contributed by atoms with van der Waals surface area (Å²) in [4.78, 5) is 0. The van der Waals surface area contributed by atoms with Crippen molar-refractivity contribution in [1.29, 1.82) is 0 Å². The standard InChI is InChI=1S/C14H13ClN2O3S/c1-21(18,19)17-13(14-3-2-8-20-14)9-12(16-17)10-4-6-11(15)7-5-10/h2-8,13H,9H2,1H3/t13-/m1/s1. The van der Waals surface area contributed by atoms with Crippen LogP contribution in [0.5, 0.6) is 0 Å². The van der Waals surface area contributed by atoms with Gasteiger partial charge in [0.05, 0.1) is 18.2 Å². The number of nitrogens with zero attached hydrogens (tertiary/aromatic N) is 2. The zero-order valence-corrected chi connectivity index (χ0v) is 12.8. The quantitative estimate of drug-likeness (QED) is 0.871. The number of sulfonamides is 1. The van der Waals surface area contributed by atoms with Crippen LogP contribution < -0.4 is 0 Å². The molecule has 0 unspecified atom stereocenters. The van der Waals surface area contributed by atoms with Gasteiger partial charge in [-0.15, -0.1) is 0 Å². The summed E-state index contributed by atoms with van der Waals surface area (Å²) in [7, 11) is -3.47. The molecule has 0 N–H and O–H groups in total. The summed E-state index contributed by atoms with van der Waals surface area (Å²) in [6, 6.07) is 10.2. The lowest BCUT2D eigenvalue weighted by Gasteiger charge is -2.18. The Bertz CT molecular complexity index is 767. The second-order valence-corrected chi connectivity index (χ2v) is 7.10. The van der Waals surface area contributed by atoms with Gasteiger partial charge in [-0.05, 0) is 29.8 Å². The van der Waals surface area contributed by atoms with Gasteiger partial charge in [-0.3, -0.25) is 0 Å². The molecular weight excluding hydrogens is 312 g/mol. The van der Waals surface area contributed by atoms with Crippen LogP contribution in [0.3, 0.4) is 0 Å². The predicted octanol–water partition coefficient (Wildman–Crippen LogP) is 3.04. The van der Waals surface area contributed by atoms with Crippen LogP contribution in [0.15, 0.2) is 52.2 Å². The Kier molecular flexibility index (Phi) is 3.51. The fraction of sp³-hybridized carbons (Fsp3) is 0.214. The first-order valence-electron chi connectivity index (χ1n) is 6.31. The molecule has 0 aliphatic carbocycles. The highest BCUT2D eigenvalue weighted by Crippen LogP contribution is 2.34. The monoisotopic (exact) mass is 324 g/mol. The average Bonchev–Trinajstić information content (AvgIpc) is 3.07. The Morgan fingerprint density at radius 3 is 2.57 bits per heavy atom. The Morgan fingerprint density at radius 2 is 2.00 bits per heavy atom. The maximum absolute atomic E-state index is 11.9. The van der Waals surface area contributed by atoms with E-state index in [2.05, 4.69) is 5.10 Å². The van der Waals surface area contributed by atoms with E-state index in [4.69, 9.17) is 16.0 Å². The predicted molar refractivity (Wildman–Crippen MR) is 80.7 cm³/mol. The van der Waals surface area contributed by atoms with Gasteiger partial charge in [-0.25, -0.2) is 8.42 Å². The minimum absolute atomic E-state index is 0.444. The molecule has 2 heterocycles. The first-order valence-corrected chi connectivity index (χ1v) is 8.54. The molecule has 2 aromatic rings. The van der Waals surface area contributed by atoms with Crippen molar-refractivity contribution in [3.8, 4) is 0 Å². The minimum atomic E-state index is -3.47. The lowest BCUT2D eigenvalue weighted by molar-refractivity contribution is 0.322. The second-order valence-electron chi connectivity index (χ2n) is 4.82. The highest BCUT2D eigenvalue weighted by Gasteiger charge is 2.36. The summed E-state index contributed by atoms with van der Waals surface area (Å²) in [5.74, 6) is 0.577. The Morgan fingerprint density at radius 1 is 1.29 bits per heavy atom. The van der Waals surface area contributed by atoms with Crippen LogP contribution in [-0.2, 0) is 10.0 Å². The van der Waals surface area contributed by atoms with E-state index in [1.807, 2.05) is 12.1 Å². The number of hydrogen-bond donors (Lipinski definition) is 0. The smallest absolute Gasteiger partial charge is 0.247 e. The van der Waals surface area contributed by atoms with Crippen LogP contribution in [0.4, 0.5) is 0 Å². The van der Waals surface area contributed by atoms with E-state index in [-0.39, 0.29) is 0 Å². The van der Waals surface area contributed by atoms with E-state index in [9.17, 15) is 8.42 Å². The van der Waals surface area contributed by atoms with Crippen molar-refractivity contribution in [3.63, 3.8) is 0 Å². The highest BCUT2D eigenvalue weighted by atomic mass is 35.5. The molecule has 0 amide bonds. The number of hydrazone groups is 1. The van der Waals surface area contributed by atoms with E-state index in [1.54, 1.807) is 24.3 Å². The van der Waals surface area contributed by atoms with Gasteiger partial charge >= 0.3 is 0 Å². The third-order valence-electron chi connectivity index (χ3n) is 3.26. The Labute approximate surface area is 127 Å². The molecule has 7 heteroatoms. The molecule has 21 heavy (non-hydrogen) atoms. The fourth-order valence-corrected chi connectivity index (χ4v) is 3.32. The van der Waals surface area contributed by atoms with Crippen molar-refractivity contribution < 1.29 is 12.8 Å². The summed E-state index contributed by atoms with van der Waals surface area (Å²) < 4.78 is 30.3. The molecule has 0 saturated heterocycles. The summed E-state index contributed by atoms with van der Waals surface area (Å²) >= 11 is 5.87. The van der Waals surface area contributed by atoms with Crippen molar-refractivity contribution in [2.24, 2.45) is 5.10 Å². The number of hydrogen-bond acceptors (Lipinski definition) is 4. The molecule has 1 aromatic heterocycles. The molecule has 1 aliphatic rings. The van der Waals surface area contributed by atoms with Gasteiger partial charge in [0.2, 0.25) is 10.0 Å². The fourth-order valence-electron chi connectivity index (χ4n) is 2.30. The molecular formula is C14H13ClN2O3S. The van der Waals surface area contributed by atoms with Gasteiger partial charge in [0.1, 0.15) is 11.8 Å². The first-order chi connectivity index (χ1) is 9.95. The normalized spacial score (nSPS) is 18.9. The zero-order valence-electron chi connectivity index (χ0n) is 11.2. The number of halogens is 1. The largest absolute Gasteiger partial charge is 0.467 e. The summed E-state index contributed by atoms with van der Waals surface area (Å²) in [5.41, 5.74) is 1.54. The first kappa shape index (κ1) is 14.2. The van der Waals surface area contributed by atoms with E-state index < -0.39 is 16.1 Å². The van der Waals surface area contributed by atoms with Crippen molar-refractivity contribution >= 4 is 27.3 Å². The van der Waals surface area contributed by atoms with Gasteiger partial charge in [0.25, 0.3) is 0 Å². The van der Waals surface area contributed by atoms with Crippen LogP contribution in [0.1, 0.15) is 23.8 Å². The Hall–Kier alpha value is -1.79. The van der Waals surface area contributed by atoms with Crippen molar-refractivity contribution in [1.82, 2.24) is 4.41 Å². The molecule has 1 aromatic carbocycles. The lowest BCUT2D eigenvalue weighted by Crippen LogP contribution is -2.25. The third-order valence-corrected chi connectivity index (χ3v) is 4.53. The summed E-state index contributed by atoms with van der Waals surface area (Å²) in [6.07, 6.45) is 3.12. The number of furan rings is 1. The Balaban J connectivity index is 1.99. The lowest BCUT2D eigenvalue weighted by atomic mass is 10.0. The van der Waals surface area contributed by atoms with E-state index in [0.717, 1.165) is 16.2 Å². The SMILES string of the molecule is CS(=O)(=O)N1N=C(c2ccc(Cl)cc2)C[C@@H]1c1ccco1. The van der Waals surface area contributed by atoms with E-state index in [0.29, 0.717) is 22.9 Å². The minimum Gasteiger partial charge on any atom is -0.467 e. The molecule has 110 valence electrons. The molecule has 0 radical (unpaired) electrons. The van der Waals surface area contributed by atoms with Gasteiger partial charge in [-0.1, -0.05) is 23.7 Å². The summed E-state index contributed by atoms with van der Waals surface area (Å²) in [6.45, 7) is 0. The maximum atomic E-state index is 11.9. The number of rotatable bonds is 3. The topological polar surface area (TPSA) is 62.9 Å². The molecule has 0 saturated carbocycles. The molecule has 1 atom stereocenters. The molecule has 0 spiro atoms. The molecule has 3 rings (SSSR count). The average molecular weight is 325 g/mol. The van der Waals surface area contributed by atoms with Crippen molar-refractivity contribution in [2.75, 3.05) is 6.26 Å². The highest BCUT2D eigenvalue weighted by molar-refractivity contribution is 7.88. The molecule has 0 fully saturated rings. The molecule has 0 bridgehead atoms. The third kappa shape index (κ3) is 2.82. The van der Waals surface area contributed by atoms with Crippen LogP contribution >= 0.6 is 11.6 Å². The van der Waals surface area contributed by atoms with Crippen LogP contribution in [-0.4, -0.2) is 24.8 Å². The van der Waals surface area contributed by atoms with Gasteiger partial charge in [0, 0.05) is 11.4 Å². The van der Waals surface area contributed by atoms with E-state index in [1.165, 1.54) is 6.26 Å². The zero-order chi connectivity index (χ0) is 15.0. The second kappa shape index (κ2) is 5.20. The van der Waals surface area contributed by atoms with Gasteiger partial charge in [0.15, 0.2) is 0 Å². The van der Waals surface area contributed by atoms with Crippen LogP contribution in [0.25, 0.3) is 0 Å². The molecule has 1 aliphatic heterocycles. The van der Waals surface area contributed by atoms with Gasteiger partial charge < -0.3 is 4.42 Å².